The van der Waals surface area contributed by atoms with Gasteiger partial charge in [-0.25, -0.2) is 4.79 Å². The van der Waals surface area contributed by atoms with E-state index >= 15 is 0 Å². The van der Waals surface area contributed by atoms with Crippen molar-refractivity contribution in [2.24, 2.45) is 0 Å². The first-order chi connectivity index (χ1) is 11.7. The number of likely N-dealkylation sites (tertiary alicyclic amines) is 1. The van der Waals surface area contributed by atoms with Crippen LogP contribution in [-0.4, -0.2) is 65.4 Å². The van der Waals surface area contributed by atoms with Gasteiger partial charge in [-0.1, -0.05) is 6.42 Å². The first-order valence-corrected chi connectivity index (χ1v) is 8.80. The van der Waals surface area contributed by atoms with Crippen molar-refractivity contribution < 1.29 is 9.59 Å². The fourth-order valence-electron chi connectivity index (χ4n) is 3.74. The zero-order valence-corrected chi connectivity index (χ0v) is 13.8. The second-order valence-electron chi connectivity index (χ2n) is 6.94. The Morgan fingerprint density at radius 2 is 2.12 bits per heavy atom. The number of nitrogens with zero attached hydrogens (tertiary/aromatic N) is 4. The lowest BCUT2D eigenvalue weighted by molar-refractivity contribution is -0.121. The van der Waals surface area contributed by atoms with Gasteiger partial charge in [-0.15, -0.1) is 0 Å². The van der Waals surface area contributed by atoms with E-state index in [9.17, 15) is 9.59 Å². The fourth-order valence-corrected chi connectivity index (χ4v) is 3.74. The number of carbonyl (C=O) groups excluding carboxylic acids is 2. The molecular weight excluding hydrogens is 308 g/mol. The molecule has 1 unspecified atom stereocenters. The number of aromatic nitrogens is 2. The third-order valence-corrected chi connectivity index (χ3v) is 5.12. The summed E-state index contributed by atoms with van der Waals surface area (Å²) < 4.78 is 1.96. The summed E-state index contributed by atoms with van der Waals surface area (Å²) in [5, 5.41) is 10.4. The van der Waals surface area contributed by atoms with E-state index in [-0.39, 0.29) is 18.0 Å². The highest BCUT2D eigenvalue weighted by Crippen LogP contribution is 2.24. The number of amides is 3. The third kappa shape index (κ3) is 3.10. The van der Waals surface area contributed by atoms with E-state index in [2.05, 4.69) is 20.6 Å². The minimum Gasteiger partial charge on any atom is -0.352 e. The maximum atomic E-state index is 11.7. The summed E-state index contributed by atoms with van der Waals surface area (Å²) in [4.78, 5) is 27.4. The lowest BCUT2D eigenvalue weighted by atomic mass is 10.1. The highest BCUT2D eigenvalue weighted by atomic mass is 16.2. The van der Waals surface area contributed by atoms with E-state index in [0.717, 1.165) is 44.6 Å². The fraction of sp³-hybridized carbons (Fsp3) is 0.688. The molecule has 0 spiro atoms. The highest BCUT2D eigenvalue weighted by molar-refractivity contribution is 5.93. The van der Waals surface area contributed by atoms with Crippen LogP contribution in [0.2, 0.25) is 0 Å². The van der Waals surface area contributed by atoms with Gasteiger partial charge in [0.15, 0.2) is 0 Å². The normalized spacial score (nSPS) is 26.0. The van der Waals surface area contributed by atoms with Crippen molar-refractivity contribution in [3.63, 3.8) is 0 Å². The van der Waals surface area contributed by atoms with Crippen LogP contribution in [-0.2, 0) is 4.79 Å². The van der Waals surface area contributed by atoms with E-state index < -0.39 is 0 Å². The predicted octanol–water partition coefficient (Wildman–Crippen LogP) is 0.328. The number of urea groups is 1. The van der Waals surface area contributed by atoms with Crippen LogP contribution in [0.3, 0.4) is 0 Å². The molecule has 4 rings (SSSR count). The standard InChI is InChI=1S/C16H24N6O2/c23-15-4-2-1-3-12(19-15)8-20-9-14(10-20)22-11-13(7-18-22)21-6-5-17-16(21)24/h7,11-12,14H,1-6,8-10H2,(H,17,24)(H,19,23). The molecule has 2 N–H and O–H groups in total. The van der Waals surface area contributed by atoms with E-state index in [1.807, 2.05) is 10.9 Å². The topological polar surface area (TPSA) is 82.5 Å². The molecular formula is C16H24N6O2. The number of hydrogen-bond acceptors (Lipinski definition) is 4. The summed E-state index contributed by atoms with van der Waals surface area (Å²) in [5.41, 5.74) is 0.861. The molecule has 3 aliphatic rings. The number of nitrogens with one attached hydrogen (secondary N) is 2. The van der Waals surface area contributed by atoms with Crippen LogP contribution < -0.4 is 15.5 Å². The second kappa shape index (κ2) is 6.43. The number of anilines is 1. The predicted molar refractivity (Wildman–Crippen MR) is 88.8 cm³/mol. The monoisotopic (exact) mass is 332 g/mol. The summed E-state index contributed by atoms with van der Waals surface area (Å²) in [7, 11) is 0. The molecule has 0 bridgehead atoms. The minimum absolute atomic E-state index is 0.0473. The Bertz CT molecular complexity index is 624. The maximum absolute atomic E-state index is 11.7. The van der Waals surface area contributed by atoms with Gasteiger partial charge in [-0.2, -0.15) is 5.10 Å². The molecule has 3 fully saturated rings. The van der Waals surface area contributed by atoms with Gasteiger partial charge in [-0.05, 0) is 12.8 Å². The van der Waals surface area contributed by atoms with E-state index in [1.54, 1.807) is 11.1 Å². The Kier molecular flexibility index (Phi) is 4.13. The van der Waals surface area contributed by atoms with Gasteiger partial charge < -0.3 is 10.6 Å². The summed E-state index contributed by atoms with van der Waals surface area (Å²) in [5.74, 6) is 0.190. The molecule has 1 atom stereocenters. The third-order valence-electron chi connectivity index (χ3n) is 5.12. The smallest absolute Gasteiger partial charge is 0.322 e. The van der Waals surface area contributed by atoms with Crippen LogP contribution in [0.1, 0.15) is 31.7 Å². The molecule has 0 saturated carbocycles. The van der Waals surface area contributed by atoms with Crippen molar-refractivity contribution in [2.75, 3.05) is 37.6 Å². The Balaban J connectivity index is 1.29. The molecule has 8 heteroatoms. The number of hydrogen-bond donors (Lipinski definition) is 2. The Labute approximate surface area is 141 Å². The molecule has 0 radical (unpaired) electrons. The van der Waals surface area contributed by atoms with Crippen LogP contribution >= 0.6 is 0 Å². The van der Waals surface area contributed by atoms with Crippen molar-refractivity contribution >= 4 is 17.6 Å². The quantitative estimate of drug-likeness (QED) is 0.832. The average Bonchev–Trinajstić information content (AvgIpc) is 3.09. The zero-order valence-electron chi connectivity index (χ0n) is 13.8. The first kappa shape index (κ1) is 15.4. The molecule has 3 saturated heterocycles. The lowest BCUT2D eigenvalue weighted by Gasteiger charge is -2.41. The first-order valence-electron chi connectivity index (χ1n) is 8.80. The molecule has 1 aromatic rings. The average molecular weight is 332 g/mol. The SMILES string of the molecule is O=C1CCCCC(CN2CC(n3cc(N4CCNC4=O)cn3)C2)N1. The van der Waals surface area contributed by atoms with Crippen molar-refractivity contribution in [3.8, 4) is 0 Å². The van der Waals surface area contributed by atoms with Gasteiger partial charge in [0.05, 0.1) is 17.9 Å². The number of carbonyl (C=O) groups is 2. The van der Waals surface area contributed by atoms with E-state index in [0.29, 0.717) is 25.6 Å². The van der Waals surface area contributed by atoms with Crippen molar-refractivity contribution in [3.05, 3.63) is 12.4 Å². The molecule has 4 heterocycles. The van der Waals surface area contributed by atoms with E-state index in [1.165, 1.54) is 0 Å². The molecule has 1 aromatic heterocycles. The van der Waals surface area contributed by atoms with Gasteiger partial charge in [0.1, 0.15) is 0 Å². The molecule has 24 heavy (non-hydrogen) atoms. The summed E-state index contributed by atoms with van der Waals surface area (Å²) in [6, 6.07) is 0.585. The van der Waals surface area contributed by atoms with Gasteiger partial charge in [0.25, 0.3) is 0 Å². The van der Waals surface area contributed by atoms with Crippen LogP contribution in [0.5, 0.6) is 0 Å². The van der Waals surface area contributed by atoms with Gasteiger partial charge in [-0.3, -0.25) is 19.3 Å². The summed E-state index contributed by atoms with van der Waals surface area (Å²) >= 11 is 0. The minimum atomic E-state index is -0.0473. The molecule has 3 aliphatic heterocycles. The summed E-state index contributed by atoms with van der Waals surface area (Å²) in [6.07, 6.45) is 7.59. The van der Waals surface area contributed by atoms with Gasteiger partial charge in [0.2, 0.25) is 5.91 Å². The summed E-state index contributed by atoms with van der Waals surface area (Å²) in [6.45, 7) is 4.20. The maximum Gasteiger partial charge on any atom is 0.322 e. The van der Waals surface area contributed by atoms with Crippen LogP contribution in [0, 0.1) is 0 Å². The second-order valence-corrected chi connectivity index (χ2v) is 6.94. The Hall–Kier alpha value is -2.09. The zero-order chi connectivity index (χ0) is 16.5. The lowest BCUT2D eigenvalue weighted by Crippen LogP contribution is -2.53. The Morgan fingerprint density at radius 1 is 1.25 bits per heavy atom. The van der Waals surface area contributed by atoms with Crippen LogP contribution in [0.15, 0.2) is 12.4 Å². The van der Waals surface area contributed by atoms with Gasteiger partial charge in [0, 0.05) is 51.4 Å². The molecule has 0 aliphatic carbocycles. The Morgan fingerprint density at radius 3 is 2.92 bits per heavy atom. The highest BCUT2D eigenvalue weighted by Gasteiger charge is 2.32. The molecule has 130 valence electrons. The van der Waals surface area contributed by atoms with Gasteiger partial charge >= 0.3 is 6.03 Å². The number of rotatable bonds is 4. The van der Waals surface area contributed by atoms with Crippen molar-refractivity contribution in [2.45, 2.75) is 37.8 Å². The van der Waals surface area contributed by atoms with Crippen LogP contribution in [0.4, 0.5) is 10.5 Å². The van der Waals surface area contributed by atoms with E-state index in [4.69, 9.17) is 0 Å². The largest absolute Gasteiger partial charge is 0.352 e. The van der Waals surface area contributed by atoms with Crippen molar-refractivity contribution in [1.82, 2.24) is 25.3 Å². The molecule has 8 nitrogen and oxygen atoms in total. The van der Waals surface area contributed by atoms with Crippen molar-refractivity contribution in [1.29, 1.82) is 0 Å². The molecule has 3 amide bonds. The van der Waals surface area contributed by atoms with Crippen LogP contribution in [0.25, 0.3) is 0 Å². The molecule has 0 aromatic carbocycles.